The van der Waals surface area contributed by atoms with E-state index in [4.69, 9.17) is 5.11 Å². The molecular weight excluding hydrogens is 168 g/mol. The van der Waals surface area contributed by atoms with Crippen LogP contribution in [0.4, 0.5) is 0 Å². The van der Waals surface area contributed by atoms with E-state index in [9.17, 15) is 4.91 Å². The van der Waals surface area contributed by atoms with Gasteiger partial charge in [0.05, 0.1) is 6.61 Å². The molecule has 0 aromatic heterocycles. The first-order valence-electron chi connectivity index (χ1n) is 4.99. The number of nitroso groups, excluding NO2 is 1. The van der Waals surface area contributed by atoms with Gasteiger partial charge in [-0.3, -0.25) is 4.90 Å². The first kappa shape index (κ1) is 10.6. The van der Waals surface area contributed by atoms with Crippen LogP contribution in [-0.2, 0) is 0 Å². The summed E-state index contributed by atoms with van der Waals surface area (Å²) < 4.78 is 0. The Labute approximate surface area is 78.9 Å². The Bertz CT molecular complexity index is 164. The van der Waals surface area contributed by atoms with Crippen molar-refractivity contribution >= 4 is 0 Å². The first-order valence-corrected chi connectivity index (χ1v) is 4.99. The van der Waals surface area contributed by atoms with Gasteiger partial charge in [0.2, 0.25) is 0 Å². The molecule has 1 saturated heterocycles. The summed E-state index contributed by atoms with van der Waals surface area (Å²) >= 11 is 0. The molecule has 1 fully saturated rings. The van der Waals surface area contributed by atoms with E-state index in [0.29, 0.717) is 0 Å². The van der Waals surface area contributed by atoms with Gasteiger partial charge in [0.15, 0.2) is 0 Å². The molecule has 0 amide bonds. The van der Waals surface area contributed by atoms with Gasteiger partial charge in [-0.25, -0.2) is 0 Å². The van der Waals surface area contributed by atoms with Crippen LogP contribution in [0.3, 0.4) is 0 Å². The Morgan fingerprint density at radius 2 is 2.38 bits per heavy atom. The van der Waals surface area contributed by atoms with Gasteiger partial charge in [0.25, 0.3) is 0 Å². The zero-order valence-electron chi connectivity index (χ0n) is 8.15. The highest BCUT2D eigenvalue weighted by Crippen LogP contribution is 2.20. The van der Waals surface area contributed by atoms with Crippen LogP contribution in [0.2, 0.25) is 0 Å². The van der Waals surface area contributed by atoms with Crippen LogP contribution < -0.4 is 0 Å². The summed E-state index contributed by atoms with van der Waals surface area (Å²) in [7, 11) is 0. The Hall–Kier alpha value is -0.480. The summed E-state index contributed by atoms with van der Waals surface area (Å²) in [5.74, 6) is 0. The van der Waals surface area contributed by atoms with Crippen molar-refractivity contribution in [3.63, 3.8) is 0 Å². The van der Waals surface area contributed by atoms with Crippen molar-refractivity contribution in [2.24, 2.45) is 5.18 Å². The van der Waals surface area contributed by atoms with Crippen molar-refractivity contribution in [1.29, 1.82) is 0 Å². The third-order valence-corrected chi connectivity index (χ3v) is 2.66. The lowest BCUT2D eigenvalue weighted by Gasteiger charge is -2.21. The van der Waals surface area contributed by atoms with Crippen molar-refractivity contribution in [2.45, 2.75) is 38.3 Å². The zero-order chi connectivity index (χ0) is 9.68. The van der Waals surface area contributed by atoms with E-state index < -0.39 is 0 Å². The number of aliphatic hydroxyl groups excluding tert-OH is 1. The molecule has 76 valence electrons. The molecule has 0 radical (unpaired) electrons. The lowest BCUT2D eigenvalue weighted by molar-refractivity contribution is 0.157. The molecule has 0 spiro atoms. The molecule has 4 heteroatoms. The average Bonchev–Trinajstić information content (AvgIpc) is 2.57. The molecule has 2 atom stereocenters. The summed E-state index contributed by atoms with van der Waals surface area (Å²) in [6.45, 7) is 4.00. The number of aliphatic hydroxyl groups is 1. The molecule has 4 nitrogen and oxygen atoms in total. The summed E-state index contributed by atoms with van der Waals surface area (Å²) in [5, 5.41) is 12.1. The number of hydrogen-bond donors (Lipinski definition) is 1. The maximum Gasteiger partial charge on any atom is 0.106 e. The van der Waals surface area contributed by atoms with Crippen LogP contribution in [0, 0.1) is 4.91 Å². The fourth-order valence-corrected chi connectivity index (χ4v) is 1.86. The largest absolute Gasteiger partial charge is 0.395 e. The SMILES string of the molecule is CCCCN1CC(N=O)CC1CO. The molecule has 0 aromatic carbocycles. The molecule has 1 aliphatic heterocycles. The Kier molecular flexibility index (Phi) is 4.32. The third kappa shape index (κ3) is 2.74. The minimum Gasteiger partial charge on any atom is -0.395 e. The van der Waals surface area contributed by atoms with E-state index in [1.165, 1.54) is 0 Å². The van der Waals surface area contributed by atoms with Crippen LogP contribution in [-0.4, -0.2) is 41.8 Å². The van der Waals surface area contributed by atoms with E-state index in [1.54, 1.807) is 0 Å². The summed E-state index contributed by atoms with van der Waals surface area (Å²) in [5.41, 5.74) is 0. The minimum atomic E-state index is -0.103. The summed E-state index contributed by atoms with van der Waals surface area (Å²) in [6, 6.07) is 0.0586. The molecule has 0 saturated carbocycles. The van der Waals surface area contributed by atoms with Gasteiger partial charge >= 0.3 is 0 Å². The molecule has 1 aliphatic rings. The molecule has 1 rings (SSSR count). The smallest absolute Gasteiger partial charge is 0.106 e. The van der Waals surface area contributed by atoms with Crippen LogP contribution in [0.1, 0.15) is 26.2 Å². The van der Waals surface area contributed by atoms with Crippen molar-refractivity contribution < 1.29 is 5.11 Å². The Balaban J connectivity index is 2.38. The number of unbranched alkanes of at least 4 members (excludes halogenated alkanes) is 1. The molecule has 0 aliphatic carbocycles. The highest BCUT2D eigenvalue weighted by atomic mass is 16.3. The molecule has 0 aromatic rings. The van der Waals surface area contributed by atoms with Gasteiger partial charge in [0, 0.05) is 12.6 Å². The molecule has 1 N–H and O–H groups in total. The molecular formula is C9H18N2O2. The number of hydrogen-bond acceptors (Lipinski definition) is 4. The standard InChI is InChI=1S/C9H18N2O2/c1-2-3-4-11-6-8(10-13)5-9(11)7-12/h8-9,12H,2-7H2,1H3. The second-order valence-electron chi connectivity index (χ2n) is 3.68. The summed E-state index contributed by atoms with van der Waals surface area (Å²) in [4.78, 5) is 12.5. The predicted molar refractivity (Wildman–Crippen MR) is 51.6 cm³/mol. The van der Waals surface area contributed by atoms with Gasteiger partial charge < -0.3 is 5.11 Å². The zero-order valence-corrected chi connectivity index (χ0v) is 8.15. The molecule has 1 heterocycles. The van der Waals surface area contributed by atoms with E-state index in [-0.39, 0.29) is 18.7 Å². The van der Waals surface area contributed by atoms with Gasteiger partial charge in [-0.1, -0.05) is 18.5 Å². The second-order valence-corrected chi connectivity index (χ2v) is 3.68. The second kappa shape index (κ2) is 5.29. The number of likely N-dealkylation sites (tertiary alicyclic amines) is 1. The quantitative estimate of drug-likeness (QED) is 0.651. The van der Waals surface area contributed by atoms with Gasteiger partial charge in [-0.2, -0.15) is 4.91 Å². The number of nitrogens with zero attached hydrogens (tertiary/aromatic N) is 2. The minimum absolute atomic E-state index is 0.103. The fraction of sp³-hybridized carbons (Fsp3) is 1.00. The Morgan fingerprint density at radius 3 is 2.92 bits per heavy atom. The lowest BCUT2D eigenvalue weighted by atomic mass is 10.2. The van der Waals surface area contributed by atoms with Crippen molar-refractivity contribution in [3.05, 3.63) is 4.91 Å². The topological polar surface area (TPSA) is 52.9 Å². The van der Waals surface area contributed by atoms with E-state index >= 15 is 0 Å². The van der Waals surface area contributed by atoms with Crippen molar-refractivity contribution in [2.75, 3.05) is 19.7 Å². The summed E-state index contributed by atoms with van der Waals surface area (Å²) in [6.07, 6.45) is 3.00. The number of rotatable bonds is 5. The monoisotopic (exact) mass is 186 g/mol. The van der Waals surface area contributed by atoms with E-state index in [2.05, 4.69) is 17.0 Å². The van der Waals surface area contributed by atoms with E-state index in [1.807, 2.05) is 0 Å². The normalized spacial score (nSPS) is 29.4. The molecule has 2 unspecified atom stereocenters. The highest BCUT2D eigenvalue weighted by Gasteiger charge is 2.31. The van der Waals surface area contributed by atoms with Crippen LogP contribution in [0.5, 0.6) is 0 Å². The fourth-order valence-electron chi connectivity index (χ4n) is 1.86. The van der Waals surface area contributed by atoms with Gasteiger partial charge in [-0.15, -0.1) is 0 Å². The van der Waals surface area contributed by atoms with Crippen LogP contribution >= 0.6 is 0 Å². The van der Waals surface area contributed by atoms with E-state index in [0.717, 1.165) is 32.4 Å². The Morgan fingerprint density at radius 1 is 1.62 bits per heavy atom. The third-order valence-electron chi connectivity index (χ3n) is 2.66. The first-order chi connectivity index (χ1) is 6.31. The predicted octanol–water partition coefficient (Wildman–Crippen LogP) is 0.988. The van der Waals surface area contributed by atoms with Crippen molar-refractivity contribution in [1.82, 2.24) is 4.90 Å². The molecule has 13 heavy (non-hydrogen) atoms. The van der Waals surface area contributed by atoms with Gasteiger partial charge in [-0.05, 0) is 19.4 Å². The van der Waals surface area contributed by atoms with Crippen LogP contribution in [0.15, 0.2) is 5.18 Å². The molecule has 0 bridgehead atoms. The average molecular weight is 186 g/mol. The maximum absolute atomic E-state index is 10.3. The van der Waals surface area contributed by atoms with Crippen molar-refractivity contribution in [3.8, 4) is 0 Å². The maximum atomic E-state index is 10.3. The van der Waals surface area contributed by atoms with Crippen LogP contribution in [0.25, 0.3) is 0 Å². The lowest BCUT2D eigenvalue weighted by Crippen LogP contribution is -2.33. The van der Waals surface area contributed by atoms with Gasteiger partial charge in [0.1, 0.15) is 6.04 Å². The highest BCUT2D eigenvalue weighted by molar-refractivity contribution is 4.88.